The summed E-state index contributed by atoms with van der Waals surface area (Å²) in [4.78, 5) is 40.0. The molecule has 6 atom stereocenters. The average Bonchev–Trinajstić information content (AvgIpc) is 2.70. The lowest BCUT2D eigenvalue weighted by Crippen LogP contribution is -2.70. The second-order valence-corrected chi connectivity index (χ2v) is 8.79. The standard InChI is InChI=1S/C22H24N2O8/c1-7-8-5-4-6-9(25)11(8)16(26)12-10(7)17(27)14-15(24(2)3)18(28)13(21(23)31)20(30)22(14,32)19(12)29/h4-7,10,14-15,17,25-27,30,32H,1-3H3,(H2,23,31)/t7-,10?,14-,15-,17+,22+/m1/s1. The number of amides is 1. The lowest BCUT2D eigenvalue weighted by atomic mass is 9.54. The van der Waals surface area contributed by atoms with Crippen molar-refractivity contribution in [1.82, 2.24) is 4.90 Å². The van der Waals surface area contributed by atoms with Crippen LogP contribution in [0.15, 0.2) is 35.1 Å². The van der Waals surface area contributed by atoms with E-state index in [2.05, 4.69) is 0 Å². The fourth-order valence-electron chi connectivity index (χ4n) is 5.58. The Labute approximate surface area is 182 Å². The summed E-state index contributed by atoms with van der Waals surface area (Å²) < 4.78 is 0. The number of nitrogens with two attached hydrogens (primary N) is 1. The van der Waals surface area contributed by atoms with Gasteiger partial charge in [-0.15, -0.1) is 0 Å². The van der Waals surface area contributed by atoms with E-state index in [4.69, 9.17) is 5.73 Å². The van der Waals surface area contributed by atoms with Crippen molar-refractivity contribution in [3.05, 3.63) is 46.2 Å². The van der Waals surface area contributed by atoms with E-state index in [-0.39, 0.29) is 11.3 Å². The summed E-state index contributed by atoms with van der Waals surface area (Å²) in [5.41, 5.74) is 1.47. The molecule has 1 saturated carbocycles. The number of Topliss-reactive ketones (excluding diaryl/α,β-unsaturated/α-hetero) is 2. The fraction of sp³-hybridized carbons (Fsp3) is 0.409. The molecule has 0 bridgehead atoms. The number of rotatable bonds is 2. The summed E-state index contributed by atoms with van der Waals surface area (Å²) in [6.45, 7) is 1.68. The van der Waals surface area contributed by atoms with Gasteiger partial charge in [-0.05, 0) is 31.6 Å². The first kappa shape index (κ1) is 22.0. The molecule has 1 aromatic rings. The first-order valence-electron chi connectivity index (χ1n) is 10.0. The van der Waals surface area contributed by atoms with E-state index in [0.29, 0.717) is 5.56 Å². The number of aliphatic hydroxyl groups is 4. The van der Waals surface area contributed by atoms with E-state index in [1.807, 2.05) is 0 Å². The molecule has 0 saturated heterocycles. The molecule has 1 unspecified atom stereocenters. The van der Waals surface area contributed by atoms with Gasteiger partial charge in [-0.2, -0.15) is 0 Å². The summed E-state index contributed by atoms with van der Waals surface area (Å²) in [6.07, 6.45) is -1.59. The van der Waals surface area contributed by atoms with E-state index >= 15 is 0 Å². The van der Waals surface area contributed by atoms with Gasteiger partial charge in [0.15, 0.2) is 11.4 Å². The number of hydrogen-bond acceptors (Lipinski definition) is 9. The van der Waals surface area contributed by atoms with Crippen LogP contribution in [0.2, 0.25) is 0 Å². The molecular weight excluding hydrogens is 420 g/mol. The third-order valence-electron chi connectivity index (χ3n) is 6.99. The molecule has 1 aromatic carbocycles. The Morgan fingerprint density at radius 1 is 1.16 bits per heavy atom. The van der Waals surface area contributed by atoms with Crippen LogP contribution in [-0.2, 0) is 14.4 Å². The summed E-state index contributed by atoms with van der Waals surface area (Å²) in [5, 5.41) is 54.9. The number of ketones is 2. The van der Waals surface area contributed by atoms with Gasteiger partial charge in [-0.25, -0.2) is 0 Å². The van der Waals surface area contributed by atoms with Crippen LogP contribution >= 0.6 is 0 Å². The SMILES string of the molecule is C[C@@H]1c2cccc(O)c2C(O)=C2C(=O)[C@]3(O)C(O)=C(C(N)=O)C(=O)[C@H](N(C)C)[C@@H]3[C@@H](O)C21. The van der Waals surface area contributed by atoms with Gasteiger partial charge in [0.1, 0.15) is 22.8 Å². The molecule has 10 nitrogen and oxygen atoms in total. The van der Waals surface area contributed by atoms with Crippen molar-refractivity contribution in [1.29, 1.82) is 0 Å². The smallest absolute Gasteiger partial charge is 0.255 e. The van der Waals surface area contributed by atoms with Gasteiger partial charge < -0.3 is 31.3 Å². The predicted octanol–water partition coefficient (Wildman–Crippen LogP) is -0.504. The highest BCUT2D eigenvalue weighted by molar-refractivity contribution is 6.24. The number of phenolic OH excluding ortho intramolecular Hbond substituents is 1. The van der Waals surface area contributed by atoms with E-state index in [9.17, 15) is 39.9 Å². The van der Waals surface area contributed by atoms with E-state index < -0.39 is 75.6 Å². The monoisotopic (exact) mass is 444 g/mol. The van der Waals surface area contributed by atoms with Crippen molar-refractivity contribution < 1.29 is 39.9 Å². The number of hydrogen-bond donors (Lipinski definition) is 6. The predicted molar refractivity (Wildman–Crippen MR) is 110 cm³/mol. The molecule has 0 radical (unpaired) electrons. The van der Waals surface area contributed by atoms with Gasteiger partial charge in [0, 0.05) is 11.5 Å². The van der Waals surface area contributed by atoms with E-state index in [1.165, 1.54) is 25.1 Å². The topological polar surface area (TPSA) is 182 Å². The molecule has 10 heteroatoms. The van der Waals surface area contributed by atoms with Crippen molar-refractivity contribution >= 4 is 23.2 Å². The molecule has 1 amide bonds. The summed E-state index contributed by atoms with van der Waals surface area (Å²) in [6, 6.07) is 3.13. The maximum atomic E-state index is 13.7. The minimum Gasteiger partial charge on any atom is -0.508 e. The number of aliphatic hydroxyl groups excluding tert-OH is 3. The van der Waals surface area contributed by atoms with Crippen LogP contribution in [0.3, 0.4) is 0 Å². The number of nitrogens with zero attached hydrogens (tertiary/aromatic N) is 1. The second-order valence-electron chi connectivity index (χ2n) is 8.79. The van der Waals surface area contributed by atoms with Crippen molar-refractivity contribution in [3.8, 4) is 5.75 Å². The average molecular weight is 444 g/mol. The highest BCUT2D eigenvalue weighted by atomic mass is 16.4. The molecule has 3 aliphatic carbocycles. The van der Waals surface area contributed by atoms with Gasteiger partial charge >= 0.3 is 0 Å². The Hall–Kier alpha value is -3.21. The highest BCUT2D eigenvalue weighted by Gasteiger charge is 2.68. The van der Waals surface area contributed by atoms with Crippen LogP contribution in [0.5, 0.6) is 5.75 Å². The molecule has 0 heterocycles. The van der Waals surface area contributed by atoms with Gasteiger partial charge in [0.2, 0.25) is 5.78 Å². The van der Waals surface area contributed by atoms with Gasteiger partial charge in [-0.1, -0.05) is 19.1 Å². The molecule has 0 aromatic heterocycles. The number of fused-ring (bicyclic) bond motifs is 3. The first-order valence-corrected chi connectivity index (χ1v) is 10.0. The zero-order chi connectivity index (χ0) is 23.9. The maximum Gasteiger partial charge on any atom is 0.255 e. The minimum absolute atomic E-state index is 0.0245. The summed E-state index contributed by atoms with van der Waals surface area (Å²) in [5.74, 6) is -8.87. The lowest BCUT2D eigenvalue weighted by molar-refractivity contribution is -0.169. The van der Waals surface area contributed by atoms with Crippen LogP contribution in [0.25, 0.3) is 5.76 Å². The van der Waals surface area contributed by atoms with Crippen molar-refractivity contribution in [3.63, 3.8) is 0 Å². The number of carbonyl (C=O) groups is 3. The fourth-order valence-corrected chi connectivity index (χ4v) is 5.58. The Kier molecular flexibility index (Phi) is 4.74. The lowest BCUT2D eigenvalue weighted by Gasteiger charge is -2.53. The number of benzene rings is 1. The molecule has 0 aliphatic heterocycles. The van der Waals surface area contributed by atoms with Crippen molar-refractivity contribution in [2.75, 3.05) is 14.1 Å². The van der Waals surface area contributed by atoms with Crippen LogP contribution < -0.4 is 5.73 Å². The van der Waals surface area contributed by atoms with Crippen LogP contribution in [-0.4, -0.2) is 79.7 Å². The number of carbonyl (C=O) groups excluding carboxylic acids is 3. The molecule has 4 rings (SSSR count). The van der Waals surface area contributed by atoms with E-state index in [0.717, 1.165) is 0 Å². The Morgan fingerprint density at radius 3 is 2.34 bits per heavy atom. The van der Waals surface area contributed by atoms with Crippen LogP contribution in [0.4, 0.5) is 0 Å². The molecular formula is C22H24N2O8. The minimum atomic E-state index is -2.89. The molecule has 3 aliphatic rings. The zero-order valence-corrected chi connectivity index (χ0v) is 17.6. The first-order chi connectivity index (χ1) is 14.9. The second kappa shape index (κ2) is 6.89. The summed E-state index contributed by atoms with van der Waals surface area (Å²) in [7, 11) is 2.92. The summed E-state index contributed by atoms with van der Waals surface area (Å²) >= 11 is 0. The third-order valence-corrected chi connectivity index (χ3v) is 6.99. The van der Waals surface area contributed by atoms with Crippen LogP contribution in [0.1, 0.15) is 24.0 Å². The molecule has 170 valence electrons. The van der Waals surface area contributed by atoms with Crippen molar-refractivity contribution in [2.45, 2.75) is 30.6 Å². The number of aromatic hydroxyl groups is 1. The Balaban J connectivity index is 2.07. The molecule has 1 fully saturated rings. The molecule has 7 N–H and O–H groups in total. The zero-order valence-electron chi connectivity index (χ0n) is 17.6. The van der Waals surface area contributed by atoms with Gasteiger partial charge in [0.05, 0.1) is 23.6 Å². The Morgan fingerprint density at radius 2 is 1.78 bits per heavy atom. The largest absolute Gasteiger partial charge is 0.508 e. The number of likely N-dealkylation sites (N-methyl/N-ethyl adjacent to an activating group) is 1. The number of phenols is 1. The van der Waals surface area contributed by atoms with E-state index in [1.54, 1.807) is 19.1 Å². The molecule has 32 heavy (non-hydrogen) atoms. The van der Waals surface area contributed by atoms with Crippen LogP contribution in [0, 0.1) is 11.8 Å². The Bertz CT molecular complexity index is 1140. The highest BCUT2D eigenvalue weighted by Crippen LogP contribution is 2.55. The molecule has 0 spiro atoms. The van der Waals surface area contributed by atoms with Gasteiger partial charge in [-0.3, -0.25) is 19.3 Å². The quantitative estimate of drug-likeness (QED) is 0.327. The maximum absolute atomic E-state index is 13.7. The van der Waals surface area contributed by atoms with Gasteiger partial charge in [0.25, 0.3) is 5.91 Å². The number of primary amides is 1. The third kappa shape index (κ3) is 2.48. The van der Waals surface area contributed by atoms with Crippen molar-refractivity contribution in [2.24, 2.45) is 17.6 Å². The normalized spacial score (nSPS) is 34.4.